The van der Waals surface area contributed by atoms with Gasteiger partial charge in [0.05, 0.1) is 4.90 Å². The summed E-state index contributed by atoms with van der Waals surface area (Å²) in [5.74, 6) is -1.46. The van der Waals surface area contributed by atoms with Crippen LogP contribution in [0.2, 0.25) is 0 Å². The Balaban J connectivity index is 1.64. The minimum absolute atomic E-state index is 0.221. The van der Waals surface area contributed by atoms with Crippen molar-refractivity contribution < 1.29 is 18.0 Å². The molecule has 1 heterocycles. The fraction of sp³-hybridized carbons (Fsp3) is 0.462. The highest BCUT2D eigenvalue weighted by atomic mass is 32.2. The van der Waals surface area contributed by atoms with Crippen molar-refractivity contribution in [2.24, 2.45) is 0 Å². The Kier molecular flexibility index (Phi) is 8.15. The molecule has 0 spiro atoms. The third-order valence-corrected chi connectivity index (χ3v) is 8.45. The van der Waals surface area contributed by atoms with E-state index in [9.17, 15) is 18.0 Å². The van der Waals surface area contributed by atoms with Crippen molar-refractivity contribution in [3.05, 3.63) is 58.1 Å². The van der Waals surface area contributed by atoms with Crippen LogP contribution in [0.5, 0.6) is 0 Å². The van der Waals surface area contributed by atoms with Gasteiger partial charge in [-0.25, -0.2) is 8.42 Å². The van der Waals surface area contributed by atoms with E-state index >= 15 is 0 Å². The van der Waals surface area contributed by atoms with Gasteiger partial charge in [0.15, 0.2) is 0 Å². The molecule has 1 aliphatic heterocycles. The lowest BCUT2D eigenvalue weighted by molar-refractivity contribution is -0.136. The molecular weight excluding hydrogens is 450 g/mol. The first kappa shape index (κ1) is 25.9. The zero-order valence-electron chi connectivity index (χ0n) is 20.7. The van der Waals surface area contributed by atoms with Gasteiger partial charge in [0.1, 0.15) is 0 Å². The molecule has 184 valence electrons. The molecule has 1 fully saturated rings. The average molecular weight is 486 g/mol. The molecule has 0 unspecified atom stereocenters. The first-order valence-electron chi connectivity index (χ1n) is 11.8. The lowest BCUT2D eigenvalue weighted by Crippen LogP contribution is -2.46. The maximum Gasteiger partial charge on any atom is 0.313 e. The summed E-state index contributed by atoms with van der Waals surface area (Å²) in [5.41, 5.74) is 5.09. The van der Waals surface area contributed by atoms with Gasteiger partial charge in [-0.2, -0.15) is 4.31 Å². The Bertz CT molecular complexity index is 1150. The molecule has 0 bridgehead atoms. The van der Waals surface area contributed by atoms with Crippen molar-refractivity contribution in [1.29, 1.82) is 0 Å². The SMILES string of the molecule is Cc1cc(C)cc(NC(=O)C(=O)NCC[C@H]2CCCCN2S(=O)(=O)c2c(C)cc(C)cc2C)c1. The molecule has 7 nitrogen and oxygen atoms in total. The van der Waals surface area contributed by atoms with Crippen molar-refractivity contribution in [2.75, 3.05) is 18.4 Å². The Labute approximate surface area is 203 Å². The zero-order valence-corrected chi connectivity index (χ0v) is 21.5. The van der Waals surface area contributed by atoms with Gasteiger partial charge in [-0.1, -0.05) is 30.2 Å². The molecule has 8 heteroatoms. The van der Waals surface area contributed by atoms with Crippen molar-refractivity contribution in [3.8, 4) is 0 Å². The first-order valence-corrected chi connectivity index (χ1v) is 13.2. The summed E-state index contributed by atoms with van der Waals surface area (Å²) >= 11 is 0. The van der Waals surface area contributed by atoms with E-state index in [0.29, 0.717) is 23.5 Å². The lowest BCUT2D eigenvalue weighted by Gasteiger charge is -2.35. The minimum Gasteiger partial charge on any atom is -0.348 e. The number of aryl methyl sites for hydroxylation is 5. The second-order valence-corrected chi connectivity index (χ2v) is 11.2. The molecule has 2 amide bonds. The first-order chi connectivity index (χ1) is 16.0. The Morgan fingerprint density at radius 3 is 2.09 bits per heavy atom. The van der Waals surface area contributed by atoms with E-state index in [0.717, 1.165) is 47.1 Å². The molecule has 2 aromatic rings. The standard InChI is InChI=1S/C26H35N3O4S/c1-17-12-18(2)16-22(15-17)28-26(31)25(30)27-10-9-23-8-6-7-11-29(23)34(32,33)24-20(4)13-19(3)14-21(24)5/h12-16,23H,6-11H2,1-5H3,(H,27,30)(H,28,31)/t23-/m1/s1. The van der Waals surface area contributed by atoms with Gasteiger partial charge in [-0.3, -0.25) is 9.59 Å². The van der Waals surface area contributed by atoms with Crippen molar-refractivity contribution in [2.45, 2.75) is 71.2 Å². The maximum atomic E-state index is 13.6. The number of anilines is 1. The van der Waals surface area contributed by atoms with Crippen LogP contribution < -0.4 is 10.6 Å². The van der Waals surface area contributed by atoms with Gasteiger partial charge in [0.25, 0.3) is 0 Å². The highest BCUT2D eigenvalue weighted by Crippen LogP contribution is 2.31. The highest BCUT2D eigenvalue weighted by molar-refractivity contribution is 7.89. The molecule has 0 saturated carbocycles. The van der Waals surface area contributed by atoms with E-state index in [1.807, 2.05) is 52.8 Å². The summed E-state index contributed by atoms with van der Waals surface area (Å²) < 4.78 is 28.8. The molecule has 1 aliphatic rings. The minimum atomic E-state index is -3.66. The van der Waals surface area contributed by atoms with Crippen LogP contribution in [0.4, 0.5) is 5.69 Å². The Morgan fingerprint density at radius 1 is 0.882 bits per heavy atom. The van der Waals surface area contributed by atoms with E-state index in [2.05, 4.69) is 10.6 Å². The van der Waals surface area contributed by atoms with Crippen LogP contribution in [0.3, 0.4) is 0 Å². The molecule has 2 aromatic carbocycles. The number of piperidine rings is 1. The fourth-order valence-corrected chi connectivity index (χ4v) is 7.08. The summed E-state index contributed by atoms with van der Waals surface area (Å²) in [5, 5.41) is 5.27. The zero-order chi connectivity index (χ0) is 25.0. The number of carbonyl (C=O) groups is 2. The summed E-state index contributed by atoms with van der Waals surface area (Å²) in [7, 11) is -3.66. The van der Waals surface area contributed by atoms with Crippen molar-refractivity contribution >= 4 is 27.5 Å². The number of nitrogens with one attached hydrogen (secondary N) is 2. The van der Waals surface area contributed by atoms with Crippen LogP contribution in [0.1, 0.15) is 53.5 Å². The topological polar surface area (TPSA) is 95.6 Å². The van der Waals surface area contributed by atoms with E-state index in [-0.39, 0.29) is 12.6 Å². The number of carbonyl (C=O) groups excluding carboxylic acids is 2. The third-order valence-electron chi connectivity index (χ3n) is 6.19. The van der Waals surface area contributed by atoms with Crippen molar-refractivity contribution in [3.63, 3.8) is 0 Å². The molecule has 1 atom stereocenters. The maximum absolute atomic E-state index is 13.6. The molecule has 1 saturated heterocycles. The molecule has 3 rings (SSSR count). The normalized spacial score (nSPS) is 16.8. The van der Waals surface area contributed by atoms with E-state index in [1.165, 1.54) is 0 Å². The summed E-state index contributed by atoms with van der Waals surface area (Å²) in [6.45, 7) is 10.2. The largest absolute Gasteiger partial charge is 0.348 e. The fourth-order valence-electron chi connectivity index (χ4n) is 4.94. The quantitative estimate of drug-likeness (QED) is 0.607. The summed E-state index contributed by atoms with van der Waals surface area (Å²) in [6, 6.07) is 9.16. The smallest absolute Gasteiger partial charge is 0.313 e. The number of rotatable bonds is 6. The number of benzene rings is 2. The molecule has 34 heavy (non-hydrogen) atoms. The van der Waals surface area contributed by atoms with Crippen LogP contribution in [0.25, 0.3) is 0 Å². The second-order valence-electron chi connectivity index (χ2n) is 9.37. The molecule has 0 aromatic heterocycles. The summed E-state index contributed by atoms with van der Waals surface area (Å²) in [6.07, 6.45) is 2.92. The van der Waals surface area contributed by atoms with E-state index in [1.54, 1.807) is 16.4 Å². The predicted molar refractivity (Wildman–Crippen MR) is 134 cm³/mol. The van der Waals surface area contributed by atoms with Crippen LogP contribution in [0.15, 0.2) is 35.2 Å². The van der Waals surface area contributed by atoms with Gasteiger partial charge >= 0.3 is 11.8 Å². The number of hydrogen-bond acceptors (Lipinski definition) is 4. The van der Waals surface area contributed by atoms with Crippen LogP contribution in [0, 0.1) is 34.6 Å². The van der Waals surface area contributed by atoms with Crippen molar-refractivity contribution in [1.82, 2.24) is 9.62 Å². The Morgan fingerprint density at radius 2 is 1.47 bits per heavy atom. The number of amides is 2. The second kappa shape index (κ2) is 10.7. The molecular formula is C26H35N3O4S. The van der Waals surface area contributed by atoms with Crippen LogP contribution in [-0.2, 0) is 19.6 Å². The van der Waals surface area contributed by atoms with E-state index in [4.69, 9.17) is 0 Å². The predicted octanol–water partition coefficient (Wildman–Crippen LogP) is 3.92. The number of hydrogen-bond donors (Lipinski definition) is 2. The molecule has 0 aliphatic carbocycles. The molecule has 0 radical (unpaired) electrons. The van der Waals surface area contributed by atoms with Gasteiger partial charge in [-0.05, 0) is 88.3 Å². The highest BCUT2D eigenvalue weighted by Gasteiger charge is 2.35. The third kappa shape index (κ3) is 6.04. The lowest BCUT2D eigenvalue weighted by atomic mass is 10.0. The number of sulfonamides is 1. The monoisotopic (exact) mass is 485 g/mol. The Hall–Kier alpha value is -2.71. The summed E-state index contributed by atoms with van der Waals surface area (Å²) in [4.78, 5) is 25.0. The number of nitrogens with zero attached hydrogens (tertiary/aromatic N) is 1. The van der Waals surface area contributed by atoms with E-state index < -0.39 is 21.8 Å². The molecule has 2 N–H and O–H groups in total. The van der Waals surface area contributed by atoms with Crippen LogP contribution in [-0.4, -0.2) is 43.7 Å². The van der Waals surface area contributed by atoms with Gasteiger partial charge < -0.3 is 10.6 Å². The van der Waals surface area contributed by atoms with Crippen LogP contribution >= 0.6 is 0 Å². The average Bonchev–Trinajstić information content (AvgIpc) is 2.72. The van der Waals surface area contributed by atoms with Gasteiger partial charge in [0, 0.05) is 24.8 Å². The van der Waals surface area contributed by atoms with Gasteiger partial charge in [-0.15, -0.1) is 0 Å². The van der Waals surface area contributed by atoms with Gasteiger partial charge in [0.2, 0.25) is 10.0 Å².